The van der Waals surface area contributed by atoms with Crippen molar-refractivity contribution in [2.45, 2.75) is 58.5 Å². The predicted octanol–water partition coefficient (Wildman–Crippen LogP) is 3.17. The van der Waals surface area contributed by atoms with E-state index in [0.717, 1.165) is 19.4 Å². The molecule has 100 valence electrons. The Kier molecular flexibility index (Phi) is 5.44. The highest BCUT2D eigenvalue weighted by Gasteiger charge is 2.25. The SMILES string of the molecule is COCC1CCC(CC(=O)OC(C)(C)C)CC1. The summed E-state index contributed by atoms with van der Waals surface area (Å²) >= 11 is 0. The Labute approximate surface area is 105 Å². The van der Waals surface area contributed by atoms with Crippen LogP contribution < -0.4 is 0 Å². The third kappa shape index (κ3) is 6.06. The molecule has 0 aromatic rings. The highest BCUT2D eigenvalue weighted by atomic mass is 16.6. The van der Waals surface area contributed by atoms with Gasteiger partial charge in [-0.25, -0.2) is 0 Å². The van der Waals surface area contributed by atoms with E-state index in [4.69, 9.17) is 9.47 Å². The summed E-state index contributed by atoms with van der Waals surface area (Å²) < 4.78 is 10.5. The van der Waals surface area contributed by atoms with Crippen molar-refractivity contribution < 1.29 is 14.3 Å². The molecule has 0 spiro atoms. The van der Waals surface area contributed by atoms with Crippen LogP contribution in [0.25, 0.3) is 0 Å². The van der Waals surface area contributed by atoms with Gasteiger partial charge >= 0.3 is 5.97 Å². The van der Waals surface area contributed by atoms with Crippen LogP contribution in [-0.4, -0.2) is 25.3 Å². The molecule has 1 saturated carbocycles. The molecule has 0 unspecified atom stereocenters. The summed E-state index contributed by atoms with van der Waals surface area (Å²) in [6.45, 7) is 6.61. The minimum absolute atomic E-state index is 0.0484. The molecule has 0 saturated heterocycles. The molecule has 3 nitrogen and oxygen atoms in total. The third-order valence-corrected chi connectivity index (χ3v) is 3.24. The van der Waals surface area contributed by atoms with Crippen LogP contribution in [0.15, 0.2) is 0 Å². The van der Waals surface area contributed by atoms with Crippen molar-refractivity contribution in [3.8, 4) is 0 Å². The average Bonchev–Trinajstić information content (AvgIpc) is 2.18. The quantitative estimate of drug-likeness (QED) is 0.710. The Morgan fingerprint density at radius 2 is 1.65 bits per heavy atom. The molecule has 3 heteroatoms. The first-order chi connectivity index (χ1) is 7.90. The van der Waals surface area contributed by atoms with Crippen LogP contribution in [0.5, 0.6) is 0 Å². The fraction of sp³-hybridized carbons (Fsp3) is 0.929. The van der Waals surface area contributed by atoms with Crippen molar-refractivity contribution >= 4 is 5.97 Å². The van der Waals surface area contributed by atoms with Gasteiger partial charge in [0.15, 0.2) is 0 Å². The van der Waals surface area contributed by atoms with Crippen LogP contribution in [-0.2, 0) is 14.3 Å². The van der Waals surface area contributed by atoms with E-state index in [1.54, 1.807) is 7.11 Å². The maximum absolute atomic E-state index is 11.7. The molecular formula is C14H26O3. The zero-order valence-corrected chi connectivity index (χ0v) is 11.6. The van der Waals surface area contributed by atoms with Crippen molar-refractivity contribution in [1.29, 1.82) is 0 Å². The summed E-state index contributed by atoms with van der Waals surface area (Å²) in [5, 5.41) is 0. The van der Waals surface area contributed by atoms with Gasteiger partial charge in [0.25, 0.3) is 0 Å². The minimum atomic E-state index is -0.357. The van der Waals surface area contributed by atoms with Crippen molar-refractivity contribution in [2.24, 2.45) is 11.8 Å². The van der Waals surface area contributed by atoms with Gasteiger partial charge in [0, 0.05) is 20.1 Å². The minimum Gasteiger partial charge on any atom is -0.460 e. The maximum atomic E-state index is 11.7. The summed E-state index contributed by atoms with van der Waals surface area (Å²) in [5.74, 6) is 1.15. The van der Waals surface area contributed by atoms with Gasteiger partial charge in [0.1, 0.15) is 5.60 Å². The second-order valence-corrected chi connectivity index (χ2v) is 6.13. The normalized spacial score (nSPS) is 25.6. The zero-order valence-electron chi connectivity index (χ0n) is 11.6. The van der Waals surface area contributed by atoms with Gasteiger partial charge in [-0.05, 0) is 58.3 Å². The van der Waals surface area contributed by atoms with Crippen molar-refractivity contribution in [1.82, 2.24) is 0 Å². The number of hydrogen-bond acceptors (Lipinski definition) is 3. The maximum Gasteiger partial charge on any atom is 0.306 e. The van der Waals surface area contributed by atoms with Crippen LogP contribution in [0.3, 0.4) is 0 Å². The van der Waals surface area contributed by atoms with Gasteiger partial charge in [0.05, 0.1) is 0 Å². The first-order valence-corrected chi connectivity index (χ1v) is 6.61. The molecule has 1 rings (SSSR count). The summed E-state index contributed by atoms with van der Waals surface area (Å²) in [4.78, 5) is 11.7. The highest BCUT2D eigenvalue weighted by molar-refractivity contribution is 5.70. The van der Waals surface area contributed by atoms with Gasteiger partial charge in [-0.3, -0.25) is 4.79 Å². The lowest BCUT2D eigenvalue weighted by atomic mass is 9.81. The van der Waals surface area contributed by atoms with Crippen LogP contribution in [0.2, 0.25) is 0 Å². The average molecular weight is 242 g/mol. The lowest BCUT2D eigenvalue weighted by Crippen LogP contribution is -2.27. The Morgan fingerprint density at radius 1 is 1.12 bits per heavy atom. The Balaban J connectivity index is 2.24. The Bertz CT molecular complexity index is 234. The monoisotopic (exact) mass is 242 g/mol. The van der Waals surface area contributed by atoms with E-state index < -0.39 is 0 Å². The van der Waals surface area contributed by atoms with Crippen molar-refractivity contribution in [2.75, 3.05) is 13.7 Å². The number of hydrogen-bond donors (Lipinski definition) is 0. The second-order valence-electron chi connectivity index (χ2n) is 6.13. The first-order valence-electron chi connectivity index (χ1n) is 6.61. The van der Waals surface area contributed by atoms with Gasteiger partial charge in [-0.1, -0.05) is 0 Å². The molecule has 0 amide bonds. The van der Waals surface area contributed by atoms with Crippen molar-refractivity contribution in [3.63, 3.8) is 0 Å². The number of ether oxygens (including phenoxy) is 2. The predicted molar refractivity (Wildman–Crippen MR) is 67.8 cm³/mol. The van der Waals surface area contributed by atoms with Crippen LogP contribution in [0, 0.1) is 11.8 Å². The van der Waals surface area contributed by atoms with Crippen molar-refractivity contribution in [3.05, 3.63) is 0 Å². The number of carbonyl (C=O) groups excluding carboxylic acids is 1. The lowest BCUT2D eigenvalue weighted by Gasteiger charge is -2.28. The Hall–Kier alpha value is -0.570. The molecule has 17 heavy (non-hydrogen) atoms. The van der Waals surface area contributed by atoms with Gasteiger partial charge in [0.2, 0.25) is 0 Å². The molecule has 1 fully saturated rings. The summed E-state index contributed by atoms with van der Waals surface area (Å²) in [5.41, 5.74) is -0.357. The molecule has 0 atom stereocenters. The van der Waals surface area contributed by atoms with Crippen LogP contribution >= 0.6 is 0 Å². The van der Waals surface area contributed by atoms with Crippen LogP contribution in [0.4, 0.5) is 0 Å². The molecule has 1 aliphatic carbocycles. The number of rotatable bonds is 4. The van der Waals surface area contributed by atoms with E-state index in [0.29, 0.717) is 18.3 Å². The number of esters is 1. The van der Waals surface area contributed by atoms with Gasteiger partial charge in [-0.15, -0.1) is 0 Å². The molecule has 0 aliphatic heterocycles. The van der Waals surface area contributed by atoms with Gasteiger partial charge in [-0.2, -0.15) is 0 Å². The van der Waals surface area contributed by atoms with E-state index >= 15 is 0 Å². The fourth-order valence-electron chi connectivity index (χ4n) is 2.46. The standard InChI is InChI=1S/C14H26O3/c1-14(2,3)17-13(15)9-11-5-7-12(8-6-11)10-16-4/h11-12H,5-10H2,1-4H3. The third-order valence-electron chi connectivity index (χ3n) is 3.24. The molecule has 0 N–H and O–H groups in total. The van der Waals surface area contributed by atoms with E-state index in [1.165, 1.54) is 12.8 Å². The molecule has 0 heterocycles. The smallest absolute Gasteiger partial charge is 0.306 e. The summed E-state index contributed by atoms with van der Waals surface area (Å²) in [6.07, 6.45) is 5.21. The molecule has 0 radical (unpaired) electrons. The largest absolute Gasteiger partial charge is 0.460 e. The first kappa shape index (κ1) is 14.5. The van der Waals surface area contributed by atoms with E-state index in [9.17, 15) is 4.79 Å². The summed E-state index contributed by atoms with van der Waals surface area (Å²) in [6, 6.07) is 0. The van der Waals surface area contributed by atoms with E-state index in [-0.39, 0.29) is 11.6 Å². The highest BCUT2D eigenvalue weighted by Crippen LogP contribution is 2.31. The lowest BCUT2D eigenvalue weighted by molar-refractivity contribution is -0.156. The summed E-state index contributed by atoms with van der Waals surface area (Å²) in [7, 11) is 1.76. The van der Waals surface area contributed by atoms with E-state index in [1.807, 2.05) is 20.8 Å². The molecular weight excluding hydrogens is 216 g/mol. The number of methoxy groups -OCH3 is 1. The van der Waals surface area contributed by atoms with E-state index in [2.05, 4.69) is 0 Å². The topological polar surface area (TPSA) is 35.5 Å². The molecule has 0 aromatic carbocycles. The molecule has 1 aliphatic rings. The second kappa shape index (κ2) is 6.39. The molecule has 0 aromatic heterocycles. The van der Waals surface area contributed by atoms with Gasteiger partial charge < -0.3 is 9.47 Å². The Morgan fingerprint density at radius 3 is 2.12 bits per heavy atom. The molecule has 0 bridgehead atoms. The van der Waals surface area contributed by atoms with Crippen LogP contribution in [0.1, 0.15) is 52.9 Å². The zero-order chi connectivity index (χ0) is 12.9. The number of carbonyl (C=O) groups is 1. The fourth-order valence-corrected chi connectivity index (χ4v) is 2.46.